The minimum atomic E-state index is -0.597. The van der Waals surface area contributed by atoms with Gasteiger partial charge in [0.2, 0.25) is 0 Å². The van der Waals surface area contributed by atoms with Crippen molar-refractivity contribution in [2.75, 3.05) is 5.32 Å². The topological polar surface area (TPSA) is 62.1 Å². The van der Waals surface area contributed by atoms with E-state index in [2.05, 4.69) is 5.32 Å². The van der Waals surface area contributed by atoms with Crippen LogP contribution in [0.5, 0.6) is 5.75 Å². The number of nitrogens with zero attached hydrogens (tertiary/aromatic N) is 1. The van der Waals surface area contributed by atoms with Crippen molar-refractivity contribution in [3.05, 3.63) is 97.5 Å². The van der Waals surface area contributed by atoms with Crippen LogP contribution in [0.25, 0.3) is 6.08 Å². The van der Waals surface area contributed by atoms with E-state index in [0.29, 0.717) is 37.6 Å². The van der Waals surface area contributed by atoms with Crippen LogP contribution in [0.1, 0.15) is 11.1 Å². The van der Waals surface area contributed by atoms with Crippen molar-refractivity contribution in [2.45, 2.75) is 6.61 Å². The molecule has 1 amide bonds. The third kappa shape index (κ3) is 5.94. The van der Waals surface area contributed by atoms with E-state index < -0.39 is 5.91 Å². The molecule has 0 saturated carbocycles. The van der Waals surface area contributed by atoms with Gasteiger partial charge in [-0.25, -0.2) is 0 Å². The molecule has 0 radical (unpaired) electrons. The molecule has 3 rings (SSSR count). The highest BCUT2D eigenvalue weighted by molar-refractivity contribution is 6.44. The first-order chi connectivity index (χ1) is 14.9. The molecule has 4 nitrogen and oxygen atoms in total. The molecule has 0 unspecified atom stereocenters. The molecule has 0 spiro atoms. The van der Waals surface area contributed by atoms with Crippen LogP contribution >= 0.6 is 46.4 Å². The average molecular weight is 492 g/mol. The van der Waals surface area contributed by atoms with Gasteiger partial charge in [0.1, 0.15) is 24.0 Å². The summed E-state index contributed by atoms with van der Waals surface area (Å²) in [6.45, 7) is 0.208. The normalized spacial score (nSPS) is 11.0. The molecule has 0 aliphatic heterocycles. The Balaban J connectivity index is 1.69. The maximum absolute atomic E-state index is 12.4. The van der Waals surface area contributed by atoms with Gasteiger partial charge in [-0.2, -0.15) is 5.26 Å². The van der Waals surface area contributed by atoms with Crippen molar-refractivity contribution in [1.82, 2.24) is 0 Å². The summed E-state index contributed by atoms with van der Waals surface area (Å²) in [5, 5.41) is 13.5. The zero-order valence-electron chi connectivity index (χ0n) is 15.8. The monoisotopic (exact) mass is 490 g/mol. The quantitative estimate of drug-likeness (QED) is 0.288. The molecule has 0 heterocycles. The van der Waals surface area contributed by atoms with Crippen LogP contribution in [0.3, 0.4) is 0 Å². The average Bonchev–Trinajstić information content (AvgIpc) is 2.75. The van der Waals surface area contributed by atoms with Crippen molar-refractivity contribution < 1.29 is 9.53 Å². The number of halogens is 4. The van der Waals surface area contributed by atoms with Crippen LogP contribution in [0.15, 0.2) is 66.2 Å². The molecule has 0 aliphatic rings. The summed E-state index contributed by atoms with van der Waals surface area (Å²) in [6, 6.07) is 18.9. The first-order valence-corrected chi connectivity index (χ1v) is 10.4. The Morgan fingerprint density at radius 1 is 0.935 bits per heavy atom. The number of carbonyl (C=O) groups excluding carboxylic acids is 1. The standard InChI is InChI=1S/C23H14Cl4N2O2/c24-18-3-1-4-19(25)17(18)13-31-16-9-7-14(8-10-16)11-15(12-28)23(30)29-21-6-2-5-20(26)22(21)27/h1-11H,13H2,(H,29,30)/b15-11+. The van der Waals surface area contributed by atoms with Gasteiger partial charge in [0, 0.05) is 15.6 Å². The molecular weight excluding hydrogens is 478 g/mol. The largest absolute Gasteiger partial charge is 0.489 e. The molecule has 3 aromatic carbocycles. The Labute approximate surface area is 199 Å². The highest BCUT2D eigenvalue weighted by atomic mass is 35.5. The molecule has 0 fully saturated rings. The first-order valence-electron chi connectivity index (χ1n) is 8.92. The van der Waals surface area contributed by atoms with Crippen LogP contribution < -0.4 is 10.1 Å². The highest BCUT2D eigenvalue weighted by Gasteiger charge is 2.13. The maximum Gasteiger partial charge on any atom is 0.266 e. The minimum Gasteiger partial charge on any atom is -0.489 e. The van der Waals surface area contributed by atoms with Gasteiger partial charge in [-0.05, 0) is 48.0 Å². The molecule has 0 saturated heterocycles. The summed E-state index contributed by atoms with van der Waals surface area (Å²) in [5.74, 6) is -0.0119. The second-order valence-electron chi connectivity index (χ2n) is 6.28. The van der Waals surface area contributed by atoms with Gasteiger partial charge < -0.3 is 10.1 Å². The summed E-state index contributed by atoms with van der Waals surface area (Å²) in [7, 11) is 0. The van der Waals surface area contributed by atoms with Crippen LogP contribution in [-0.2, 0) is 11.4 Å². The number of carbonyl (C=O) groups is 1. The Morgan fingerprint density at radius 2 is 1.55 bits per heavy atom. The molecule has 1 N–H and O–H groups in total. The summed E-state index contributed by atoms with van der Waals surface area (Å²) < 4.78 is 5.73. The second kappa shape index (κ2) is 10.6. The first kappa shape index (κ1) is 23.0. The number of hydrogen-bond donors (Lipinski definition) is 1. The zero-order valence-corrected chi connectivity index (χ0v) is 18.9. The molecule has 3 aromatic rings. The van der Waals surface area contributed by atoms with Gasteiger partial charge in [-0.1, -0.05) is 70.7 Å². The van der Waals surface area contributed by atoms with Gasteiger partial charge >= 0.3 is 0 Å². The van der Waals surface area contributed by atoms with E-state index >= 15 is 0 Å². The van der Waals surface area contributed by atoms with Gasteiger partial charge in [-0.15, -0.1) is 0 Å². The Morgan fingerprint density at radius 3 is 2.19 bits per heavy atom. The summed E-state index contributed by atoms with van der Waals surface area (Å²) in [4.78, 5) is 12.4. The summed E-state index contributed by atoms with van der Waals surface area (Å²) in [5.41, 5.74) is 1.57. The fourth-order valence-electron chi connectivity index (χ4n) is 2.59. The number of rotatable bonds is 6. The fourth-order valence-corrected chi connectivity index (χ4v) is 3.45. The van der Waals surface area contributed by atoms with Crippen LogP contribution in [-0.4, -0.2) is 5.91 Å². The fraction of sp³-hybridized carbons (Fsp3) is 0.0435. The maximum atomic E-state index is 12.4. The van der Waals surface area contributed by atoms with Gasteiger partial charge in [-0.3, -0.25) is 4.79 Å². The van der Waals surface area contributed by atoms with Crippen molar-refractivity contribution >= 4 is 64.1 Å². The van der Waals surface area contributed by atoms with Crippen LogP contribution in [0, 0.1) is 11.3 Å². The molecule has 0 atom stereocenters. The van der Waals surface area contributed by atoms with Gasteiger partial charge in [0.05, 0.1) is 15.7 Å². The SMILES string of the molecule is N#C/C(=C\c1ccc(OCc2c(Cl)cccc2Cl)cc1)C(=O)Nc1cccc(Cl)c1Cl. The van der Waals surface area contributed by atoms with Crippen LogP contribution in [0.2, 0.25) is 20.1 Å². The number of nitrogens with one attached hydrogen (secondary N) is 1. The molecule has 31 heavy (non-hydrogen) atoms. The van der Waals surface area contributed by atoms with E-state index in [1.165, 1.54) is 6.08 Å². The predicted molar refractivity (Wildman–Crippen MR) is 126 cm³/mol. The Bertz CT molecular complexity index is 1160. The number of hydrogen-bond acceptors (Lipinski definition) is 3. The van der Waals surface area contributed by atoms with E-state index in [9.17, 15) is 10.1 Å². The van der Waals surface area contributed by atoms with Crippen molar-refractivity contribution in [2.24, 2.45) is 0 Å². The Kier molecular flexibility index (Phi) is 7.84. The number of ether oxygens (including phenoxy) is 1. The number of benzene rings is 3. The van der Waals surface area contributed by atoms with E-state index in [1.807, 2.05) is 6.07 Å². The van der Waals surface area contributed by atoms with E-state index in [-0.39, 0.29) is 17.2 Å². The lowest BCUT2D eigenvalue weighted by Gasteiger charge is -2.10. The van der Waals surface area contributed by atoms with E-state index in [1.54, 1.807) is 60.7 Å². The Hall–Kier alpha value is -2.68. The summed E-state index contributed by atoms with van der Waals surface area (Å²) in [6.07, 6.45) is 1.46. The van der Waals surface area contributed by atoms with E-state index in [0.717, 1.165) is 0 Å². The second-order valence-corrected chi connectivity index (χ2v) is 7.88. The lowest BCUT2D eigenvalue weighted by atomic mass is 10.1. The third-order valence-corrected chi connectivity index (χ3v) is 5.73. The molecule has 156 valence electrons. The number of anilines is 1. The minimum absolute atomic E-state index is 0.0902. The lowest BCUT2D eigenvalue weighted by Crippen LogP contribution is -2.13. The van der Waals surface area contributed by atoms with Crippen molar-refractivity contribution in [3.63, 3.8) is 0 Å². The third-order valence-electron chi connectivity index (χ3n) is 4.20. The predicted octanol–water partition coefficient (Wildman–Crippen LogP) is 7.42. The smallest absolute Gasteiger partial charge is 0.266 e. The molecule has 0 aliphatic carbocycles. The molecular formula is C23H14Cl4N2O2. The van der Waals surface area contributed by atoms with E-state index in [4.69, 9.17) is 51.1 Å². The van der Waals surface area contributed by atoms with Crippen LogP contribution in [0.4, 0.5) is 5.69 Å². The highest BCUT2D eigenvalue weighted by Crippen LogP contribution is 2.30. The van der Waals surface area contributed by atoms with Gasteiger partial charge in [0.15, 0.2) is 0 Å². The molecule has 8 heteroatoms. The van der Waals surface area contributed by atoms with Gasteiger partial charge in [0.25, 0.3) is 5.91 Å². The number of nitriles is 1. The zero-order chi connectivity index (χ0) is 22.4. The molecule has 0 bridgehead atoms. The molecule has 0 aromatic heterocycles. The van der Waals surface area contributed by atoms with Crippen molar-refractivity contribution in [1.29, 1.82) is 5.26 Å². The lowest BCUT2D eigenvalue weighted by molar-refractivity contribution is -0.112. The summed E-state index contributed by atoms with van der Waals surface area (Å²) >= 11 is 24.3. The number of amides is 1. The van der Waals surface area contributed by atoms with Crippen molar-refractivity contribution in [3.8, 4) is 11.8 Å².